The van der Waals surface area contributed by atoms with Crippen LogP contribution in [-0.2, 0) is 0 Å². The third-order valence-electron chi connectivity index (χ3n) is 3.63. The van der Waals surface area contributed by atoms with Gasteiger partial charge in [-0.05, 0) is 31.2 Å². The number of hydrogen-bond donors (Lipinski definition) is 1. The minimum atomic E-state index is -0.404. The van der Waals surface area contributed by atoms with Gasteiger partial charge in [-0.25, -0.2) is 0 Å². The highest BCUT2D eigenvalue weighted by molar-refractivity contribution is 5.52. The highest BCUT2D eigenvalue weighted by atomic mass is 16.6. The molecule has 1 unspecified atom stereocenters. The van der Waals surface area contributed by atoms with Gasteiger partial charge >= 0.3 is 5.69 Å². The number of piperazine rings is 1. The van der Waals surface area contributed by atoms with Crippen LogP contribution in [0.2, 0.25) is 0 Å². The topological polar surface area (TPSA) is 67.6 Å². The van der Waals surface area contributed by atoms with Gasteiger partial charge in [-0.2, -0.15) is 0 Å². The van der Waals surface area contributed by atoms with Gasteiger partial charge in [-0.3, -0.25) is 15.0 Å². The van der Waals surface area contributed by atoms with Gasteiger partial charge in [0.05, 0.1) is 12.0 Å². The first-order valence-corrected chi connectivity index (χ1v) is 6.28. The number of hydrogen-bond acceptors (Lipinski definition) is 5. The van der Waals surface area contributed by atoms with Crippen molar-refractivity contribution in [1.29, 1.82) is 0 Å². The molecule has 1 aromatic rings. The van der Waals surface area contributed by atoms with Crippen LogP contribution in [0.4, 0.5) is 5.69 Å². The van der Waals surface area contributed by atoms with Crippen molar-refractivity contribution in [2.45, 2.75) is 13.0 Å². The molecular weight excluding hydrogens is 246 g/mol. The van der Waals surface area contributed by atoms with E-state index < -0.39 is 4.92 Å². The first kappa shape index (κ1) is 13.8. The van der Waals surface area contributed by atoms with Crippen LogP contribution in [0.15, 0.2) is 12.1 Å². The van der Waals surface area contributed by atoms with Crippen molar-refractivity contribution >= 4 is 5.69 Å². The number of nitrogens with zero attached hydrogens (tertiary/aromatic N) is 2. The number of aryl methyl sites for hydroxylation is 1. The Hall–Kier alpha value is -1.66. The van der Waals surface area contributed by atoms with Crippen molar-refractivity contribution in [3.8, 4) is 5.75 Å². The Morgan fingerprint density at radius 1 is 1.53 bits per heavy atom. The summed E-state index contributed by atoms with van der Waals surface area (Å²) in [5.74, 6) is 0.324. The SMILES string of the molecule is COc1cc(C2CNCCN2C)c(C)cc1[N+](=O)[O-]. The maximum Gasteiger partial charge on any atom is 0.311 e. The van der Waals surface area contributed by atoms with E-state index in [-0.39, 0.29) is 11.7 Å². The first-order chi connectivity index (χ1) is 9.04. The zero-order valence-corrected chi connectivity index (χ0v) is 11.5. The lowest BCUT2D eigenvalue weighted by Crippen LogP contribution is -2.44. The fraction of sp³-hybridized carbons (Fsp3) is 0.538. The molecule has 0 bridgehead atoms. The second-order valence-electron chi connectivity index (χ2n) is 4.84. The lowest BCUT2D eigenvalue weighted by Gasteiger charge is -2.34. The molecule has 1 atom stereocenters. The van der Waals surface area contributed by atoms with Gasteiger partial charge in [0.25, 0.3) is 0 Å². The first-order valence-electron chi connectivity index (χ1n) is 6.28. The number of nitrogens with one attached hydrogen (secondary N) is 1. The number of rotatable bonds is 3. The molecule has 19 heavy (non-hydrogen) atoms. The van der Waals surface area contributed by atoms with E-state index in [2.05, 4.69) is 17.3 Å². The molecule has 0 aromatic heterocycles. The number of likely N-dealkylation sites (N-methyl/N-ethyl adjacent to an activating group) is 1. The van der Waals surface area contributed by atoms with Gasteiger partial charge in [-0.1, -0.05) is 0 Å². The monoisotopic (exact) mass is 265 g/mol. The van der Waals surface area contributed by atoms with Gasteiger partial charge in [0.1, 0.15) is 0 Å². The maximum atomic E-state index is 11.0. The predicted octanol–water partition coefficient (Wildman–Crippen LogP) is 1.49. The van der Waals surface area contributed by atoms with E-state index in [1.807, 2.05) is 6.92 Å². The molecule has 1 aliphatic heterocycles. The second kappa shape index (κ2) is 5.54. The summed E-state index contributed by atoms with van der Waals surface area (Å²) >= 11 is 0. The smallest absolute Gasteiger partial charge is 0.311 e. The van der Waals surface area contributed by atoms with Crippen LogP contribution in [0.1, 0.15) is 17.2 Å². The summed E-state index contributed by atoms with van der Waals surface area (Å²) in [6.07, 6.45) is 0. The van der Waals surface area contributed by atoms with Crippen molar-refractivity contribution in [3.63, 3.8) is 0 Å². The summed E-state index contributed by atoms with van der Waals surface area (Å²) in [6.45, 7) is 4.68. The van der Waals surface area contributed by atoms with Crippen LogP contribution < -0.4 is 10.1 Å². The second-order valence-corrected chi connectivity index (χ2v) is 4.84. The average molecular weight is 265 g/mol. The van der Waals surface area contributed by atoms with Crippen LogP contribution in [0.25, 0.3) is 0 Å². The number of benzene rings is 1. The van der Waals surface area contributed by atoms with Crippen molar-refractivity contribution in [1.82, 2.24) is 10.2 Å². The number of nitro groups is 1. The summed E-state index contributed by atoms with van der Waals surface area (Å²) in [5, 5.41) is 14.3. The highest BCUT2D eigenvalue weighted by Gasteiger charge is 2.25. The molecule has 104 valence electrons. The van der Waals surface area contributed by atoms with Crippen molar-refractivity contribution in [2.75, 3.05) is 33.8 Å². The Morgan fingerprint density at radius 2 is 2.26 bits per heavy atom. The molecule has 6 nitrogen and oxygen atoms in total. The summed E-state index contributed by atoms with van der Waals surface area (Å²) in [6, 6.07) is 3.61. The van der Waals surface area contributed by atoms with Crippen molar-refractivity contribution in [2.24, 2.45) is 0 Å². The van der Waals surface area contributed by atoms with Crippen LogP contribution in [0.5, 0.6) is 5.75 Å². The minimum Gasteiger partial charge on any atom is -0.490 e. The van der Waals surface area contributed by atoms with Crippen LogP contribution in [-0.4, -0.2) is 43.6 Å². The van der Waals surface area contributed by atoms with Gasteiger partial charge in [0.15, 0.2) is 5.75 Å². The van der Waals surface area contributed by atoms with Gasteiger partial charge < -0.3 is 10.1 Å². The Morgan fingerprint density at radius 3 is 2.84 bits per heavy atom. The Labute approximate surface area is 112 Å². The molecular formula is C13H19N3O3. The molecule has 1 aliphatic rings. The molecule has 0 radical (unpaired) electrons. The molecule has 0 saturated carbocycles. The van der Waals surface area contributed by atoms with E-state index in [1.165, 1.54) is 7.11 Å². The van der Waals surface area contributed by atoms with E-state index in [1.54, 1.807) is 12.1 Å². The van der Waals surface area contributed by atoms with Gasteiger partial charge in [0, 0.05) is 31.7 Å². The molecule has 2 rings (SSSR count). The molecule has 1 N–H and O–H groups in total. The van der Waals surface area contributed by atoms with E-state index >= 15 is 0 Å². The summed E-state index contributed by atoms with van der Waals surface area (Å²) in [7, 11) is 3.53. The molecule has 0 amide bonds. The largest absolute Gasteiger partial charge is 0.490 e. The molecule has 1 saturated heterocycles. The lowest BCUT2D eigenvalue weighted by molar-refractivity contribution is -0.385. The summed E-state index contributed by atoms with van der Waals surface area (Å²) in [5.41, 5.74) is 2.03. The highest BCUT2D eigenvalue weighted by Crippen LogP contribution is 2.34. The van der Waals surface area contributed by atoms with E-state index in [4.69, 9.17) is 4.74 Å². The average Bonchev–Trinajstić information content (AvgIpc) is 2.39. The standard InChI is InChI=1S/C13H19N3O3/c1-9-6-11(16(17)18)13(19-3)7-10(9)12-8-14-4-5-15(12)2/h6-7,12,14H,4-5,8H2,1-3H3. The Bertz CT molecular complexity index is 490. The van der Waals surface area contributed by atoms with Crippen LogP contribution in [0.3, 0.4) is 0 Å². The number of methoxy groups -OCH3 is 1. The fourth-order valence-corrected chi connectivity index (χ4v) is 2.51. The van der Waals surface area contributed by atoms with E-state index in [0.29, 0.717) is 5.75 Å². The summed E-state index contributed by atoms with van der Waals surface area (Å²) < 4.78 is 5.15. The Balaban J connectivity index is 2.43. The van der Waals surface area contributed by atoms with Crippen molar-refractivity contribution < 1.29 is 9.66 Å². The molecule has 0 spiro atoms. The van der Waals surface area contributed by atoms with Crippen LogP contribution in [0, 0.1) is 17.0 Å². The third kappa shape index (κ3) is 2.69. The zero-order chi connectivity index (χ0) is 14.0. The van der Waals surface area contributed by atoms with Crippen molar-refractivity contribution in [3.05, 3.63) is 33.4 Å². The molecule has 0 aliphatic carbocycles. The molecule has 6 heteroatoms. The Kier molecular flexibility index (Phi) is 4.01. The van der Waals surface area contributed by atoms with E-state index in [0.717, 1.165) is 30.8 Å². The maximum absolute atomic E-state index is 11.0. The van der Waals surface area contributed by atoms with E-state index in [9.17, 15) is 10.1 Å². The van der Waals surface area contributed by atoms with Gasteiger partial charge in [0.2, 0.25) is 0 Å². The minimum absolute atomic E-state index is 0.0233. The lowest BCUT2D eigenvalue weighted by atomic mass is 9.97. The van der Waals surface area contributed by atoms with Crippen LogP contribution >= 0.6 is 0 Å². The number of nitro benzene ring substituents is 1. The number of ether oxygens (including phenoxy) is 1. The molecule has 1 fully saturated rings. The van der Waals surface area contributed by atoms with Gasteiger partial charge in [-0.15, -0.1) is 0 Å². The fourth-order valence-electron chi connectivity index (χ4n) is 2.51. The third-order valence-corrected chi connectivity index (χ3v) is 3.63. The normalized spacial score (nSPS) is 20.3. The zero-order valence-electron chi connectivity index (χ0n) is 11.5. The quantitative estimate of drug-likeness (QED) is 0.662. The predicted molar refractivity (Wildman–Crippen MR) is 72.6 cm³/mol. The summed E-state index contributed by atoms with van der Waals surface area (Å²) in [4.78, 5) is 12.8. The molecule has 1 heterocycles. The molecule has 1 aromatic carbocycles.